The molecule has 30 heavy (non-hydrogen) atoms. The summed E-state index contributed by atoms with van der Waals surface area (Å²) in [6, 6.07) is 21.4. The van der Waals surface area contributed by atoms with Gasteiger partial charge in [0.15, 0.2) is 6.17 Å². The lowest BCUT2D eigenvalue weighted by atomic mass is 9.97. The van der Waals surface area contributed by atoms with E-state index in [9.17, 15) is 5.11 Å². The number of halogens is 1. The lowest BCUT2D eigenvalue weighted by molar-refractivity contribution is -0.731. The molecule has 0 radical (unpaired) electrons. The van der Waals surface area contributed by atoms with Crippen molar-refractivity contribution in [1.29, 1.82) is 0 Å². The van der Waals surface area contributed by atoms with Gasteiger partial charge in [-0.15, -0.1) is 0 Å². The van der Waals surface area contributed by atoms with Gasteiger partial charge in [-0.25, -0.2) is 0 Å². The van der Waals surface area contributed by atoms with E-state index in [0.29, 0.717) is 0 Å². The number of benzene rings is 3. The van der Waals surface area contributed by atoms with E-state index in [1.54, 1.807) is 20.3 Å². The van der Waals surface area contributed by atoms with E-state index in [1.165, 1.54) is 0 Å². The Balaban J connectivity index is 1.78. The summed E-state index contributed by atoms with van der Waals surface area (Å²) >= 11 is 3.53. The van der Waals surface area contributed by atoms with Crippen LogP contribution in [0.15, 0.2) is 77.3 Å². The molecule has 1 aliphatic rings. The second-order valence-electron chi connectivity index (χ2n) is 7.09. The molecule has 0 aromatic heterocycles. The smallest absolute Gasteiger partial charge is 0.190 e. The zero-order chi connectivity index (χ0) is 21.1. The van der Waals surface area contributed by atoms with Crippen LogP contribution in [0.1, 0.15) is 28.9 Å². The molecule has 3 aromatic rings. The number of ether oxygens (including phenoxy) is 2. The van der Waals surface area contributed by atoms with Crippen LogP contribution in [0, 0.1) is 0 Å². The van der Waals surface area contributed by atoms with Gasteiger partial charge in [0.25, 0.3) is 0 Å². The van der Waals surface area contributed by atoms with Crippen LogP contribution in [0.4, 0.5) is 0 Å². The van der Waals surface area contributed by atoms with E-state index in [-0.39, 0.29) is 18.0 Å². The van der Waals surface area contributed by atoms with Crippen molar-refractivity contribution in [2.45, 2.75) is 12.2 Å². The average molecular weight is 468 g/mol. The Labute approximate surface area is 184 Å². The Hall–Kier alpha value is -2.96. The minimum Gasteiger partial charge on any atom is -0.507 e. The number of nitrogens with one attached hydrogen (secondary N) is 1. The monoisotopic (exact) mass is 467 g/mol. The number of aromatic hydroxyl groups is 1. The lowest BCUT2D eigenvalue weighted by Crippen LogP contribution is -2.89. The van der Waals surface area contributed by atoms with Crippen molar-refractivity contribution < 1.29 is 19.9 Å². The molecule has 154 valence electrons. The predicted octanol–water partition coefficient (Wildman–Crippen LogP) is 4.12. The van der Waals surface area contributed by atoms with E-state index in [2.05, 4.69) is 38.7 Å². The quantitative estimate of drug-likeness (QED) is 0.527. The molecule has 0 saturated heterocycles. The molecule has 6 heteroatoms. The predicted molar refractivity (Wildman–Crippen MR) is 120 cm³/mol. The van der Waals surface area contributed by atoms with Crippen LogP contribution in [0.2, 0.25) is 0 Å². The molecule has 4 rings (SSSR count). The Kier molecular flexibility index (Phi) is 5.97. The van der Waals surface area contributed by atoms with Crippen LogP contribution in [0.5, 0.6) is 17.2 Å². The number of quaternary nitrogens is 1. The molecule has 1 aliphatic heterocycles. The standard InChI is InChI=1S/C24H23BrN2O3/c1-29-17-10-7-15(8-11-17)20-14-21(19-13-16(25)9-12-22(19)28)27-24(26-20)18-5-3-4-6-23(18)30-2/h3-14,21,24,26-28H,1-2H3/p+1. The van der Waals surface area contributed by atoms with Crippen LogP contribution in [-0.2, 0) is 0 Å². The minimum absolute atomic E-state index is 0.0873. The van der Waals surface area contributed by atoms with E-state index in [1.807, 2.05) is 54.6 Å². The van der Waals surface area contributed by atoms with Crippen molar-refractivity contribution >= 4 is 21.6 Å². The molecule has 0 aliphatic carbocycles. The average Bonchev–Trinajstić information content (AvgIpc) is 2.80. The summed E-state index contributed by atoms with van der Waals surface area (Å²) in [5.41, 5.74) is 3.92. The van der Waals surface area contributed by atoms with Crippen molar-refractivity contribution in [3.05, 3.63) is 94.0 Å². The first-order valence-electron chi connectivity index (χ1n) is 9.68. The third kappa shape index (κ3) is 4.15. The highest BCUT2D eigenvalue weighted by Gasteiger charge is 2.31. The number of hydrogen-bond donors (Lipinski definition) is 3. The lowest BCUT2D eigenvalue weighted by Gasteiger charge is -2.30. The fraction of sp³-hybridized carbons (Fsp3) is 0.167. The van der Waals surface area contributed by atoms with Crippen LogP contribution in [-0.4, -0.2) is 19.3 Å². The van der Waals surface area contributed by atoms with Gasteiger partial charge in [0.2, 0.25) is 0 Å². The Morgan fingerprint density at radius 2 is 1.70 bits per heavy atom. The van der Waals surface area contributed by atoms with Crippen LogP contribution in [0.3, 0.4) is 0 Å². The van der Waals surface area contributed by atoms with Crippen molar-refractivity contribution in [1.82, 2.24) is 5.32 Å². The Bertz CT molecular complexity index is 1070. The van der Waals surface area contributed by atoms with E-state index >= 15 is 0 Å². The van der Waals surface area contributed by atoms with Crippen molar-refractivity contribution in [3.63, 3.8) is 0 Å². The molecule has 0 fully saturated rings. The van der Waals surface area contributed by atoms with Gasteiger partial charge in [0, 0.05) is 16.2 Å². The van der Waals surface area contributed by atoms with Gasteiger partial charge in [0.05, 0.1) is 25.3 Å². The van der Waals surface area contributed by atoms with Gasteiger partial charge in [0.1, 0.15) is 23.3 Å². The SMILES string of the molecule is COc1ccc(C2=CC(c3cc(Br)ccc3O)[NH2+]C(c3ccccc3OC)N2)cc1. The summed E-state index contributed by atoms with van der Waals surface area (Å²) < 4.78 is 11.8. The summed E-state index contributed by atoms with van der Waals surface area (Å²) in [7, 11) is 3.34. The molecule has 2 unspecified atom stereocenters. The maximum absolute atomic E-state index is 10.5. The molecule has 2 atom stereocenters. The molecule has 0 bridgehead atoms. The van der Waals surface area contributed by atoms with Gasteiger partial charge in [-0.05, 0) is 60.2 Å². The number of nitrogens with two attached hydrogens (primary N) is 1. The molecule has 1 heterocycles. The third-order valence-corrected chi connectivity index (χ3v) is 5.77. The van der Waals surface area contributed by atoms with E-state index < -0.39 is 0 Å². The highest BCUT2D eigenvalue weighted by Crippen LogP contribution is 2.33. The molecular weight excluding hydrogens is 444 g/mol. The summed E-state index contributed by atoms with van der Waals surface area (Å²) in [5.74, 6) is 1.90. The summed E-state index contributed by atoms with van der Waals surface area (Å²) in [4.78, 5) is 0. The maximum atomic E-state index is 10.5. The fourth-order valence-corrected chi connectivity index (χ4v) is 4.13. The Morgan fingerprint density at radius 3 is 2.43 bits per heavy atom. The molecule has 5 nitrogen and oxygen atoms in total. The largest absolute Gasteiger partial charge is 0.507 e. The minimum atomic E-state index is -0.0911. The normalized spacial score (nSPS) is 18.3. The first-order chi connectivity index (χ1) is 14.6. The van der Waals surface area contributed by atoms with Crippen LogP contribution >= 0.6 is 15.9 Å². The zero-order valence-corrected chi connectivity index (χ0v) is 18.4. The number of phenols is 1. The highest BCUT2D eigenvalue weighted by molar-refractivity contribution is 9.10. The molecular formula is C24H24BrN2O3+. The molecule has 0 saturated carbocycles. The first-order valence-corrected chi connectivity index (χ1v) is 10.5. The summed E-state index contributed by atoms with van der Waals surface area (Å²) in [5, 5.41) is 16.3. The highest BCUT2D eigenvalue weighted by atomic mass is 79.9. The van der Waals surface area contributed by atoms with Crippen LogP contribution in [0.25, 0.3) is 5.70 Å². The maximum Gasteiger partial charge on any atom is 0.190 e. The number of phenolic OH excluding ortho intramolecular Hbond substituents is 1. The summed E-state index contributed by atoms with van der Waals surface area (Å²) in [6.45, 7) is 0. The van der Waals surface area contributed by atoms with Gasteiger partial charge < -0.3 is 25.2 Å². The molecule has 3 aromatic carbocycles. The second kappa shape index (κ2) is 8.81. The molecule has 0 amide bonds. The molecule has 4 N–H and O–H groups in total. The second-order valence-corrected chi connectivity index (χ2v) is 8.01. The number of methoxy groups -OCH3 is 2. The van der Waals surface area contributed by atoms with Gasteiger partial charge >= 0.3 is 0 Å². The number of hydrogen-bond acceptors (Lipinski definition) is 4. The van der Waals surface area contributed by atoms with Crippen molar-refractivity contribution in [3.8, 4) is 17.2 Å². The fourth-order valence-electron chi connectivity index (χ4n) is 3.75. The van der Waals surface area contributed by atoms with Crippen molar-refractivity contribution in [2.75, 3.05) is 14.2 Å². The van der Waals surface area contributed by atoms with Crippen molar-refractivity contribution in [2.24, 2.45) is 0 Å². The topological polar surface area (TPSA) is 67.3 Å². The van der Waals surface area contributed by atoms with Crippen LogP contribution < -0.4 is 20.1 Å². The van der Waals surface area contributed by atoms with Gasteiger partial charge in [-0.2, -0.15) is 0 Å². The third-order valence-electron chi connectivity index (χ3n) is 5.28. The first kappa shape index (κ1) is 20.3. The Morgan fingerprint density at radius 1 is 0.933 bits per heavy atom. The zero-order valence-electron chi connectivity index (χ0n) is 16.8. The van der Waals surface area contributed by atoms with E-state index in [4.69, 9.17) is 9.47 Å². The molecule has 0 spiro atoms. The van der Waals surface area contributed by atoms with E-state index in [0.717, 1.165) is 38.4 Å². The van der Waals surface area contributed by atoms with Gasteiger partial charge in [-0.3, -0.25) is 0 Å². The number of para-hydroxylation sites is 1. The van der Waals surface area contributed by atoms with Gasteiger partial charge in [-0.1, -0.05) is 28.1 Å². The number of rotatable bonds is 5. The summed E-state index contributed by atoms with van der Waals surface area (Å²) in [6.07, 6.45) is 2.04.